The fourth-order valence-electron chi connectivity index (χ4n) is 1.89. The molecule has 0 saturated heterocycles. The number of aromatic amines is 1. The van der Waals surface area contributed by atoms with Crippen LogP contribution in [-0.4, -0.2) is 28.3 Å². The minimum atomic E-state index is 0.385. The lowest BCUT2D eigenvalue weighted by molar-refractivity contribution is 0.111. The fraction of sp³-hybridized carbons (Fsp3) is 0.0714. The third-order valence-electron chi connectivity index (χ3n) is 2.82. The molecule has 1 aromatic carbocycles. The van der Waals surface area contributed by atoms with Gasteiger partial charge in [0.05, 0.1) is 18.1 Å². The summed E-state index contributed by atoms with van der Waals surface area (Å²) in [4.78, 5) is 22.6. The van der Waals surface area contributed by atoms with E-state index in [9.17, 15) is 4.79 Å². The quantitative estimate of drug-likeness (QED) is 0.728. The third kappa shape index (κ3) is 2.06. The first-order valence-corrected chi connectivity index (χ1v) is 5.76. The summed E-state index contributed by atoms with van der Waals surface area (Å²) in [7, 11) is 1.62. The van der Waals surface area contributed by atoms with Crippen LogP contribution in [0.3, 0.4) is 0 Å². The van der Waals surface area contributed by atoms with Crippen LogP contribution in [0.4, 0.5) is 0 Å². The number of pyridine rings is 1. The summed E-state index contributed by atoms with van der Waals surface area (Å²) in [6.45, 7) is 0. The van der Waals surface area contributed by atoms with Gasteiger partial charge in [-0.1, -0.05) is 6.07 Å². The highest BCUT2D eigenvalue weighted by Crippen LogP contribution is 2.22. The smallest absolute Gasteiger partial charge is 0.168 e. The Morgan fingerprint density at radius 2 is 2.11 bits per heavy atom. The van der Waals surface area contributed by atoms with E-state index in [4.69, 9.17) is 4.74 Å². The molecule has 94 valence electrons. The van der Waals surface area contributed by atoms with Gasteiger partial charge in [0.15, 0.2) is 12.1 Å². The van der Waals surface area contributed by atoms with Crippen LogP contribution in [0.2, 0.25) is 0 Å². The molecule has 0 spiro atoms. The van der Waals surface area contributed by atoms with Crippen molar-refractivity contribution in [2.24, 2.45) is 0 Å². The van der Waals surface area contributed by atoms with E-state index in [1.807, 2.05) is 24.3 Å². The Labute approximate surface area is 109 Å². The molecule has 0 radical (unpaired) electrons. The number of hydrogen-bond acceptors (Lipinski definition) is 4. The molecule has 3 rings (SSSR count). The Bertz CT molecular complexity index is 749. The van der Waals surface area contributed by atoms with Crippen molar-refractivity contribution in [3.63, 3.8) is 0 Å². The second-order valence-electron chi connectivity index (χ2n) is 4.03. The minimum absolute atomic E-state index is 0.385. The second kappa shape index (κ2) is 4.53. The van der Waals surface area contributed by atoms with Crippen molar-refractivity contribution < 1.29 is 9.53 Å². The molecule has 1 N–H and O–H groups in total. The van der Waals surface area contributed by atoms with Gasteiger partial charge in [0.25, 0.3) is 0 Å². The van der Waals surface area contributed by atoms with Gasteiger partial charge >= 0.3 is 0 Å². The lowest BCUT2D eigenvalue weighted by Crippen LogP contribution is -1.90. The SMILES string of the molecule is COc1ccc2nc(-c3cccc(C=O)n3)[nH]c2c1. The summed E-state index contributed by atoms with van der Waals surface area (Å²) in [5, 5.41) is 0. The molecule has 0 fully saturated rings. The topological polar surface area (TPSA) is 67.9 Å². The first-order valence-electron chi connectivity index (χ1n) is 5.76. The molecule has 0 aliphatic carbocycles. The zero-order valence-corrected chi connectivity index (χ0v) is 10.3. The van der Waals surface area contributed by atoms with Gasteiger partial charge in [0.2, 0.25) is 0 Å². The molecule has 0 amide bonds. The highest BCUT2D eigenvalue weighted by molar-refractivity contribution is 5.80. The summed E-state index contributed by atoms with van der Waals surface area (Å²) in [6, 6.07) is 10.8. The number of carbonyl (C=O) groups excluding carboxylic acids is 1. The van der Waals surface area contributed by atoms with Crippen molar-refractivity contribution >= 4 is 17.3 Å². The predicted octanol–water partition coefficient (Wildman–Crippen LogP) is 2.45. The molecular weight excluding hydrogens is 242 g/mol. The number of fused-ring (bicyclic) bond motifs is 1. The summed E-state index contributed by atoms with van der Waals surface area (Å²) in [5.74, 6) is 1.39. The highest BCUT2D eigenvalue weighted by Gasteiger charge is 2.07. The fourth-order valence-corrected chi connectivity index (χ4v) is 1.89. The van der Waals surface area contributed by atoms with E-state index in [0.29, 0.717) is 17.2 Å². The van der Waals surface area contributed by atoms with Crippen molar-refractivity contribution in [1.82, 2.24) is 15.0 Å². The number of methoxy groups -OCH3 is 1. The van der Waals surface area contributed by atoms with E-state index in [-0.39, 0.29) is 0 Å². The van der Waals surface area contributed by atoms with Crippen LogP contribution >= 0.6 is 0 Å². The molecule has 0 bridgehead atoms. The maximum absolute atomic E-state index is 10.7. The Kier molecular flexibility index (Phi) is 2.72. The molecule has 2 heterocycles. The normalized spacial score (nSPS) is 10.6. The van der Waals surface area contributed by atoms with E-state index in [1.54, 1.807) is 19.2 Å². The number of nitrogens with zero attached hydrogens (tertiary/aromatic N) is 2. The van der Waals surface area contributed by atoms with Crippen molar-refractivity contribution in [1.29, 1.82) is 0 Å². The Morgan fingerprint density at radius 1 is 1.21 bits per heavy atom. The number of ether oxygens (including phenoxy) is 1. The van der Waals surface area contributed by atoms with E-state index in [2.05, 4.69) is 15.0 Å². The zero-order chi connectivity index (χ0) is 13.2. The van der Waals surface area contributed by atoms with Crippen molar-refractivity contribution in [2.75, 3.05) is 7.11 Å². The Hall–Kier alpha value is -2.69. The molecule has 5 heteroatoms. The lowest BCUT2D eigenvalue weighted by Gasteiger charge is -1.97. The van der Waals surface area contributed by atoms with Crippen LogP contribution in [0.1, 0.15) is 10.5 Å². The maximum atomic E-state index is 10.7. The standard InChI is InChI=1S/C14H11N3O2/c1-19-10-5-6-11-13(7-10)17-14(16-11)12-4-2-3-9(8-18)15-12/h2-8H,1H3,(H,16,17). The molecule has 0 aliphatic rings. The van der Waals surface area contributed by atoms with Crippen molar-refractivity contribution in [3.05, 3.63) is 42.1 Å². The van der Waals surface area contributed by atoms with Crippen molar-refractivity contribution in [2.45, 2.75) is 0 Å². The Balaban J connectivity index is 2.11. The molecule has 0 saturated carbocycles. The van der Waals surface area contributed by atoms with Gasteiger partial charge in [-0.25, -0.2) is 9.97 Å². The first kappa shape index (κ1) is 11.4. The number of aromatic nitrogens is 3. The predicted molar refractivity (Wildman–Crippen MR) is 71.3 cm³/mol. The number of carbonyl (C=O) groups is 1. The van der Waals surface area contributed by atoms with Crippen molar-refractivity contribution in [3.8, 4) is 17.3 Å². The van der Waals surface area contributed by atoms with Crippen LogP contribution < -0.4 is 4.74 Å². The molecule has 0 unspecified atom stereocenters. The number of aldehydes is 1. The summed E-state index contributed by atoms with van der Waals surface area (Å²) in [5.41, 5.74) is 2.72. The van der Waals surface area contributed by atoms with Gasteiger partial charge in [-0.15, -0.1) is 0 Å². The number of rotatable bonds is 3. The molecule has 19 heavy (non-hydrogen) atoms. The van der Waals surface area contributed by atoms with Crippen LogP contribution in [0.5, 0.6) is 5.75 Å². The molecule has 2 aromatic heterocycles. The van der Waals surface area contributed by atoms with Gasteiger partial charge in [0, 0.05) is 6.07 Å². The zero-order valence-electron chi connectivity index (χ0n) is 10.3. The molecule has 3 aromatic rings. The number of hydrogen-bond donors (Lipinski definition) is 1. The third-order valence-corrected chi connectivity index (χ3v) is 2.82. The second-order valence-corrected chi connectivity index (χ2v) is 4.03. The van der Waals surface area contributed by atoms with Crippen LogP contribution in [0, 0.1) is 0 Å². The average Bonchev–Trinajstić information content (AvgIpc) is 2.90. The van der Waals surface area contributed by atoms with Crippen LogP contribution in [0.25, 0.3) is 22.6 Å². The van der Waals surface area contributed by atoms with E-state index >= 15 is 0 Å². The van der Waals surface area contributed by atoms with Gasteiger partial charge in [-0.3, -0.25) is 4.79 Å². The van der Waals surface area contributed by atoms with Gasteiger partial charge in [-0.2, -0.15) is 0 Å². The highest BCUT2D eigenvalue weighted by atomic mass is 16.5. The van der Waals surface area contributed by atoms with E-state index in [1.165, 1.54) is 0 Å². The van der Waals surface area contributed by atoms with Gasteiger partial charge < -0.3 is 9.72 Å². The number of benzene rings is 1. The van der Waals surface area contributed by atoms with Crippen LogP contribution in [0.15, 0.2) is 36.4 Å². The minimum Gasteiger partial charge on any atom is -0.497 e. The molecule has 0 aliphatic heterocycles. The summed E-state index contributed by atoms with van der Waals surface area (Å²) < 4.78 is 5.16. The van der Waals surface area contributed by atoms with Gasteiger partial charge in [-0.05, 0) is 24.3 Å². The largest absolute Gasteiger partial charge is 0.497 e. The van der Waals surface area contributed by atoms with Crippen LogP contribution in [-0.2, 0) is 0 Å². The molecule has 0 atom stereocenters. The first-order chi connectivity index (χ1) is 9.30. The number of imidazole rings is 1. The molecular formula is C14H11N3O2. The van der Waals surface area contributed by atoms with E-state index < -0.39 is 0 Å². The number of H-pyrrole nitrogens is 1. The lowest BCUT2D eigenvalue weighted by atomic mass is 10.3. The summed E-state index contributed by atoms with van der Waals surface area (Å²) >= 11 is 0. The van der Waals surface area contributed by atoms with E-state index in [0.717, 1.165) is 23.1 Å². The molecule has 5 nitrogen and oxygen atoms in total. The average molecular weight is 253 g/mol. The maximum Gasteiger partial charge on any atom is 0.168 e. The monoisotopic (exact) mass is 253 g/mol. The number of nitrogens with one attached hydrogen (secondary N) is 1. The summed E-state index contributed by atoms with van der Waals surface area (Å²) in [6.07, 6.45) is 0.717. The Morgan fingerprint density at radius 3 is 2.89 bits per heavy atom. The van der Waals surface area contributed by atoms with Gasteiger partial charge in [0.1, 0.15) is 17.1 Å².